The highest BCUT2D eigenvalue weighted by molar-refractivity contribution is 4.67. The second kappa shape index (κ2) is 21.7. The molecule has 0 bridgehead atoms. The number of nitrogens with one attached hydrogen (secondary N) is 2. The minimum atomic E-state index is 0.846. The summed E-state index contributed by atoms with van der Waals surface area (Å²) < 4.78 is 0. The first kappa shape index (κ1) is 22.7. The summed E-state index contributed by atoms with van der Waals surface area (Å²) in [4.78, 5) is 0. The van der Waals surface area contributed by atoms with Crippen molar-refractivity contribution in [3.63, 3.8) is 0 Å². The molecule has 0 aromatic heterocycles. The Morgan fingerprint density at radius 1 is 0.565 bits per heavy atom. The van der Waals surface area contributed by atoms with Gasteiger partial charge in [0.05, 0.1) is 0 Å². The van der Waals surface area contributed by atoms with Crippen LogP contribution in [-0.2, 0) is 0 Å². The molecule has 2 heteroatoms. The molecule has 0 aliphatic heterocycles. The minimum absolute atomic E-state index is 0.846. The number of hydrazine groups is 1. The number of hydrogen-bond acceptors (Lipinski definition) is 2. The summed E-state index contributed by atoms with van der Waals surface area (Å²) in [7, 11) is 0. The van der Waals surface area contributed by atoms with Gasteiger partial charge < -0.3 is 0 Å². The van der Waals surface area contributed by atoms with Crippen LogP contribution in [0.15, 0.2) is 12.7 Å². The van der Waals surface area contributed by atoms with Crippen LogP contribution in [0.4, 0.5) is 0 Å². The van der Waals surface area contributed by atoms with Gasteiger partial charge in [-0.1, -0.05) is 109 Å². The molecule has 0 fully saturated rings. The van der Waals surface area contributed by atoms with E-state index in [1.54, 1.807) is 0 Å². The van der Waals surface area contributed by atoms with Crippen molar-refractivity contribution in [3.05, 3.63) is 12.7 Å². The maximum absolute atomic E-state index is 3.68. The van der Waals surface area contributed by atoms with E-state index >= 15 is 0 Å². The molecular formula is C21H44N2. The Balaban J connectivity index is 2.93. The molecule has 0 saturated heterocycles. The van der Waals surface area contributed by atoms with Gasteiger partial charge in [0.25, 0.3) is 0 Å². The summed E-state index contributed by atoms with van der Waals surface area (Å²) >= 11 is 0. The lowest BCUT2D eigenvalue weighted by atomic mass is 10.0. The molecule has 0 spiro atoms. The third-order valence-corrected chi connectivity index (χ3v) is 4.53. The zero-order valence-corrected chi connectivity index (χ0v) is 16.0. The van der Waals surface area contributed by atoms with Crippen molar-refractivity contribution in [2.75, 3.05) is 13.1 Å². The van der Waals surface area contributed by atoms with Crippen molar-refractivity contribution in [2.45, 2.75) is 110 Å². The first-order valence-corrected chi connectivity index (χ1v) is 10.5. The van der Waals surface area contributed by atoms with Gasteiger partial charge in [-0.3, -0.25) is 10.9 Å². The van der Waals surface area contributed by atoms with Crippen LogP contribution < -0.4 is 10.9 Å². The van der Waals surface area contributed by atoms with Gasteiger partial charge in [-0.2, -0.15) is 0 Å². The summed E-state index contributed by atoms with van der Waals surface area (Å²) in [6, 6.07) is 0. The Morgan fingerprint density at radius 3 is 1.35 bits per heavy atom. The average Bonchev–Trinajstić information content (AvgIpc) is 2.57. The van der Waals surface area contributed by atoms with Crippen LogP contribution in [0.1, 0.15) is 110 Å². The van der Waals surface area contributed by atoms with E-state index in [2.05, 4.69) is 24.4 Å². The van der Waals surface area contributed by atoms with E-state index in [0.29, 0.717) is 0 Å². The fourth-order valence-corrected chi connectivity index (χ4v) is 2.99. The van der Waals surface area contributed by atoms with Crippen molar-refractivity contribution < 1.29 is 0 Å². The van der Waals surface area contributed by atoms with Gasteiger partial charge in [-0.05, 0) is 6.42 Å². The summed E-state index contributed by atoms with van der Waals surface area (Å²) in [6.45, 7) is 7.89. The second-order valence-electron chi connectivity index (χ2n) is 6.90. The summed E-state index contributed by atoms with van der Waals surface area (Å²) in [6.07, 6.45) is 24.8. The van der Waals surface area contributed by atoms with Crippen LogP contribution in [0.3, 0.4) is 0 Å². The first-order valence-electron chi connectivity index (χ1n) is 10.5. The van der Waals surface area contributed by atoms with E-state index in [0.717, 1.165) is 13.1 Å². The van der Waals surface area contributed by atoms with E-state index in [9.17, 15) is 0 Å². The van der Waals surface area contributed by atoms with Gasteiger partial charge in [0.2, 0.25) is 0 Å². The van der Waals surface area contributed by atoms with E-state index in [-0.39, 0.29) is 0 Å². The third kappa shape index (κ3) is 21.7. The van der Waals surface area contributed by atoms with Crippen LogP contribution in [0.5, 0.6) is 0 Å². The highest BCUT2D eigenvalue weighted by Gasteiger charge is 1.94. The zero-order valence-electron chi connectivity index (χ0n) is 16.0. The molecule has 0 radical (unpaired) electrons. The molecule has 0 atom stereocenters. The van der Waals surface area contributed by atoms with E-state index in [1.807, 2.05) is 6.08 Å². The molecule has 0 rings (SSSR count). The first-order chi connectivity index (χ1) is 11.4. The molecule has 0 saturated carbocycles. The summed E-state index contributed by atoms with van der Waals surface area (Å²) in [5.41, 5.74) is 6.33. The number of unbranched alkanes of at least 4 members (excludes halogenated alkanes) is 15. The highest BCUT2D eigenvalue weighted by Crippen LogP contribution is 2.13. The molecule has 2 nitrogen and oxygen atoms in total. The molecule has 0 aliphatic rings. The highest BCUT2D eigenvalue weighted by atomic mass is 15.3. The molecule has 2 N–H and O–H groups in total. The average molecular weight is 325 g/mol. The fourth-order valence-electron chi connectivity index (χ4n) is 2.99. The lowest BCUT2D eigenvalue weighted by Crippen LogP contribution is -2.32. The molecule has 23 heavy (non-hydrogen) atoms. The lowest BCUT2D eigenvalue weighted by Gasteiger charge is -2.05. The van der Waals surface area contributed by atoms with E-state index in [1.165, 1.54) is 103 Å². The van der Waals surface area contributed by atoms with Crippen molar-refractivity contribution in [2.24, 2.45) is 0 Å². The molecule has 138 valence electrons. The molecule has 0 heterocycles. The Kier molecular flexibility index (Phi) is 21.3. The number of hydrogen-bond donors (Lipinski definition) is 2. The zero-order chi connectivity index (χ0) is 16.8. The minimum Gasteiger partial charge on any atom is -0.258 e. The number of rotatable bonds is 20. The topological polar surface area (TPSA) is 24.1 Å². The molecule has 0 amide bonds. The maximum atomic E-state index is 3.68. The Labute approximate surface area is 146 Å². The van der Waals surface area contributed by atoms with Crippen molar-refractivity contribution in [1.29, 1.82) is 0 Å². The monoisotopic (exact) mass is 324 g/mol. The van der Waals surface area contributed by atoms with Crippen LogP contribution in [0, 0.1) is 0 Å². The van der Waals surface area contributed by atoms with Crippen LogP contribution in [0.2, 0.25) is 0 Å². The normalized spacial score (nSPS) is 11.0. The molecule has 0 aromatic carbocycles. The van der Waals surface area contributed by atoms with Gasteiger partial charge >= 0.3 is 0 Å². The maximum Gasteiger partial charge on any atom is 0.0278 e. The summed E-state index contributed by atoms with van der Waals surface area (Å²) in [5, 5.41) is 0. The Bertz CT molecular complexity index is 216. The van der Waals surface area contributed by atoms with E-state index in [4.69, 9.17) is 0 Å². The predicted octanol–water partition coefficient (Wildman–Crippen LogP) is 6.53. The SMILES string of the molecule is C=CCNNCCCCCCCCCCCCCCCCCC. The van der Waals surface area contributed by atoms with Gasteiger partial charge in [0, 0.05) is 13.1 Å². The third-order valence-electron chi connectivity index (χ3n) is 4.53. The predicted molar refractivity (Wildman–Crippen MR) is 106 cm³/mol. The van der Waals surface area contributed by atoms with E-state index < -0.39 is 0 Å². The van der Waals surface area contributed by atoms with Crippen LogP contribution in [-0.4, -0.2) is 13.1 Å². The van der Waals surface area contributed by atoms with Gasteiger partial charge in [-0.25, -0.2) is 0 Å². The van der Waals surface area contributed by atoms with Gasteiger partial charge in [-0.15, -0.1) is 6.58 Å². The van der Waals surface area contributed by atoms with Crippen molar-refractivity contribution in [3.8, 4) is 0 Å². The fraction of sp³-hybridized carbons (Fsp3) is 0.905. The quantitative estimate of drug-likeness (QED) is 0.151. The van der Waals surface area contributed by atoms with Crippen molar-refractivity contribution >= 4 is 0 Å². The molecule has 0 aromatic rings. The smallest absolute Gasteiger partial charge is 0.0278 e. The second-order valence-corrected chi connectivity index (χ2v) is 6.90. The summed E-state index contributed by atoms with van der Waals surface area (Å²) in [5.74, 6) is 0. The standard InChI is InChI=1S/C21H44N2/c1-3-5-6-7-8-9-10-11-12-13-14-15-16-17-18-19-21-23-22-20-4-2/h4,22-23H,2-3,5-21H2,1H3. The van der Waals surface area contributed by atoms with Crippen LogP contribution in [0.25, 0.3) is 0 Å². The van der Waals surface area contributed by atoms with Crippen LogP contribution >= 0.6 is 0 Å². The largest absolute Gasteiger partial charge is 0.258 e. The molecule has 0 unspecified atom stereocenters. The van der Waals surface area contributed by atoms with Gasteiger partial charge in [0.15, 0.2) is 0 Å². The molecule has 0 aliphatic carbocycles. The van der Waals surface area contributed by atoms with Gasteiger partial charge in [0.1, 0.15) is 0 Å². The van der Waals surface area contributed by atoms with Crippen molar-refractivity contribution in [1.82, 2.24) is 10.9 Å². The Hall–Kier alpha value is -0.340. The lowest BCUT2D eigenvalue weighted by molar-refractivity contribution is 0.509. The Morgan fingerprint density at radius 2 is 0.957 bits per heavy atom. The molecular weight excluding hydrogens is 280 g/mol.